The van der Waals surface area contributed by atoms with E-state index in [9.17, 15) is 18.0 Å². The Bertz CT molecular complexity index is 452. The number of guanidine groups is 1. The molecule has 0 radical (unpaired) electrons. The number of carbonyl (C=O) groups excluding carboxylic acids is 1. The van der Waals surface area contributed by atoms with Gasteiger partial charge < -0.3 is 20.3 Å². The fourth-order valence-electron chi connectivity index (χ4n) is 2.45. The van der Waals surface area contributed by atoms with Gasteiger partial charge in [0, 0.05) is 46.7 Å². The Labute approximate surface area is 159 Å². The summed E-state index contributed by atoms with van der Waals surface area (Å²) < 4.78 is 41.8. The third-order valence-corrected chi connectivity index (χ3v) is 4.10. The number of hydrogen-bond acceptors (Lipinski definition) is 4. The summed E-state index contributed by atoms with van der Waals surface area (Å²) >= 11 is 0. The highest BCUT2D eigenvalue weighted by atomic mass is 19.4. The molecular weight excluding hydrogens is 363 g/mol. The number of nitrogens with zero attached hydrogens (tertiary/aromatic N) is 3. The molecule has 0 aromatic carbocycles. The van der Waals surface area contributed by atoms with Gasteiger partial charge in [-0.2, -0.15) is 13.2 Å². The third kappa shape index (κ3) is 12.5. The first-order valence-electron chi connectivity index (χ1n) is 9.37. The van der Waals surface area contributed by atoms with E-state index in [0.717, 1.165) is 39.3 Å². The SMILES string of the molecule is CN(C)C(=O)CN=C(NCCCCC(F)(F)F)NCCCN1CCOCC1. The van der Waals surface area contributed by atoms with Gasteiger partial charge >= 0.3 is 6.18 Å². The number of rotatable bonds is 10. The molecule has 0 aromatic heterocycles. The first-order chi connectivity index (χ1) is 12.8. The second-order valence-corrected chi connectivity index (χ2v) is 6.69. The maximum absolute atomic E-state index is 12.2. The molecule has 0 saturated carbocycles. The number of carbonyl (C=O) groups is 1. The van der Waals surface area contributed by atoms with Crippen LogP contribution in [0.4, 0.5) is 13.2 Å². The van der Waals surface area contributed by atoms with Gasteiger partial charge in [-0.05, 0) is 25.8 Å². The van der Waals surface area contributed by atoms with Crippen LogP contribution in [0.3, 0.4) is 0 Å². The molecule has 0 atom stereocenters. The van der Waals surface area contributed by atoms with Gasteiger partial charge in [-0.1, -0.05) is 0 Å². The van der Waals surface area contributed by atoms with Gasteiger partial charge in [0.05, 0.1) is 13.2 Å². The smallest absolute Gasteiger partial charge is 0.379 e. The van der Waals surface area contributed by atoms with E-state index in [1.807, 2.05) is 0 Å². The number of nitrogens with one attached hydrogen (secondary N) is 2. The molecule has 1 amide bonds. The van der Waals surface area contributed by atoms with E-state index in [-0.39, 0.29) is 18.9 Å². The third-order valence-electron chi connectivity index (χ3n) is 4.10. The standard InChI is InChI=1S/C17H32F3N5O2/c1-24(2)15(26)14-23-16(21-7-4-3-6-17(18,19)20)22-8-5-9-25-10-12-27-13-11-25/h3-14H2,1-2H3,(H2,21,22,23). The Balaban J connectivity index is 2.33. The normalized spacial score (nSPS) is 16.3. The van der Waals surface area contributed by atoms with Crippen LogP contribution in [0.25, 0.3) is 0 Å². The van der Waals surface area contributed by atoms with Crippen LogP contribution in [0, 0.1) is 0 Å². The van der Waals surface area contributed by atoms with Gasteiger partial charge in [0.15, 0.2) is 5.96 Å². The van der Waals surface area contributed by atoms with E-state index < -0.39 is 12.6 Å². The van der Waals surface area contributed by atoms with E-state index in [1.54, 1.807) is 14.1 Å². The lowest BCUT2D eigenvalue weighted by atomic mass is 10.2. The number of unbranched alkanes of at least 4 members (excludes halogenated alkanes) is 1. The number of morpholine rings is 1. The molecule has 158 valence electrons. The average Bonchev–Trinajstić information content (AvgIpc) is 2.61. The number of hydrogen-bond donors (Lipinski definition) is 2. The summed E-state index contributed by atoms with van der Waals surface area (Å²) in [5.41, 5.74) is 0. The quantitative estimate of drug-likeness (QED) is 0.329. The van der Waals surface area contributed by atoms with Crippen LogP contribution in [-0.2, 0) is 9.53 Å². The van der Waals surface area contributed by atoms with E-state index in [2.05, 4.69) is 20.5 Å². The maximum Gasteiger partial charge on any atom is 0.389 e. The van der Waals surface area contributed by atoms with Gasteiger partial charge in [0.2, 0.25) is 5.91 Å². The van der Waals surface area contributed by atoms with E-state index in [4.69, 9.17) is 4.74 Å². The van der Waals surface area contributed by atoms with Gasteiger partial charge in [0.25, 0.3) is 0 Å². The summed E-state index contributed by atoms with van der Waals surface area (Å²) in [5, 5.41) is 6.15. The minimum Gasteiger partial charge on any atom is -0.379 e. The van der Waals surface area contributed by atoms with Crippen molar-refractivity contribution in [2.75, 3.05) is 66.6 Å². The van der Waals surface area contributed by atoms with Crippen molar-refractivity contribution in [3.8, 4) is 0 Å². The van der Waals surface area contributed by atoms with Crippen molar-refractivity contribution in [3.63, 3.8) is 0 Å². The Morgan fingerprint density at radius 2 is 1.74 bits per heavy atom. The van der Waals surface area contributed by atoms with Crippen molar-refractivity contribution in [3.05, 3.63) is 0 Å². The predicted molar refractivity (Wildman–Crippen MR) is 98.8 cm³/mol. The van der Waals surface area contributed by atoms with Crippen LogP contribution < -0.4 is 10.6 Å². The highest BCUT2D eigenvalue weighted by Gasteiger charge is 2.25. The van der Waals surface area contributed by atoms with Crippen LogP contribution in [0.5, 0.6) is 0 Å². The number of amides is 1. The van der Waals surface area contributed by atoms with Crippen LogP contribution in [0.15, 0.2) is 4.99 Å². The number of aliphatic imine (C=N–C) groups is 1. The summed E-state index contributed by atoms with van der Waals surface area (Å²) in [5.74, 6) is 0.320. The van der Waals surface area contributed by atoms with Gasteiger partial charge in [0.1, 0.15) is 6.54 Å². The van der Waals surface area contributed by atoms with Crippen molar-refractivity contribution in [1.82, 2.24) is 20.4 Å². The zero-order valence-electron chi connectivity index (χ0n) is 16.3. The molecule has 7 nitrogen and oxygen atoms in total. The van der Waals surface area contributed by atoms with Crippen molar-refractivity contribution in [1.29, 1.82) is 0 Å². The summed E-state index contributed by atoms with van der Waals surface area (Å²) in [7, 11) is 3.30. The molecule has 1 heterocycles. The fraction of sp³-hybridized carbons (Fsp3) is 0.882. The van der Waals surface area contributed by atoms with Gasteiger partial charge in [-0.25, -0.2) is 4.99 Å². The first kappa shape index (κ1) is 23.5. The topological polar surface area (TPSA) is 69.2 Å². The number of halogens is 3. The molecule has 2 N–H and O–H groups in total. The van der Waals surface area contributed by atoms with Crippen molar-refractivity contribution >= 4 is 11.9 Å². The largest absolute Gasteiger partial charge is 0.389 e. The number of likely N-dealkylation sites (N-methyl/N-ethyl adjacent to an activating group) is 1. The molecule has 1 fully saturated rings. The second-order valence-electron chi connectivity index (χ2n) is 6.69. The van der Waals surface area contributed by atoms with Crippen LogP contribution in [0.2, 0.25) is 0 Å². The highest BCUT2D eigenvalue weighted by molar-refractivity contribution is 5.84. The lowest BCUT2D eigenvalue weighted by Gasteiger charge is -2.26. The van der Waals surface area contributed by atoms with E-state index in [1.165, 1.54) is 4.90 Å². The number of alkyl halides is 3. The van der Waals surface area contributed by atoms with Crippen LogP contribution >= 0.6 is 0 Å². The minimum atomic E-state index is -4.12. The maximum atomic E-state index is 12.2. The molecule has 0 spiro atoms. The van der Waals surface area contributed by atoms with Crippen molar-refractivity contribution in [2.45, 2.75) is 31.9 Å². The second kappa shape index (κ2) is 12.8. The Kier molecular flexibility index (Phi) is 11.1. The van der Waals surface area contributed by atoms with Gasteiger partial charge in [-0.3, -0.25) is 9.69 Å². The molecule has 0 bridgehead atoms. The predicted octanol–water partition coefficient (Wildman–Crippen LogP) is 1.06. The molecule has 1 saturated heterocycles. The molecular formula is C17H32F3N5O2. The molecule has 1 aliphatic rings. The van der Waals surface area contributed by atoms with Crippen molar-refractivity contribution < 1.29 is 22.7 Å². The van der Waals surface area contributed by atoms with E-state index in [0.29, 0.717) is 25.5 Å². The molecule has 27 heavy (non-hydrogen) atoms. The molecule has 1 aliphatic heterocycles. The zero-order chi connectivity index (χ0) is 20.1. The molecule has 10 heteroatoms. The molecule has 1 rings (SSSR count). The molecule has 0 aromatic rings. The fourth-order valence-corrected chi connectivity index (χ4v) is 2.45. The first-order valence-corrected chi connectivity index (χ1v) is 9.37. The van der Waals surface area contributed by atoms with Crippen LogP contribution in [-0.4, -0.2) is 94.4 Å². The number of ether oxygens (including phenoxy) is 1. The minimum absolute atomic E-state index is 0.00561. The Morgan fingerprint density at radius 3 is 2.33 bits per heavy atom. The highest BCUT2D eigenvalue weighted by Crippen LogP contribution is 2.21. The lowest BCUT2D eigenvalue weighted by Crippen LogP contribution is -2.41. The molecule has 0 aliphatic carbocycles. The average molecular weight is 395 g/mol. The summed E-state index contributed by atoms with van der Waals surface area (Å²) in [6.45, 7) is 5.34. The zero-order valence-corrected chi connectivity index (χ0v) is 16.3. The lowest BCUT2D eigenvalue weighted by molar-refractivity contribution is -0.135. The Morgan fingerprint density at radius 1 is 1.11 bits per heavy atom. The van der Waals surface area contributed by atoms with Gasteiger partial charge in [-0.15, -0.1) is 0 Å². The summed E-state index contributed by atoms with van der Waals surface area (Å²) in [4.78, 5) is 19.7. The summed E-state index contributed by atoms with van der Waals surface area (Å²) in [6, 6.07) is 0. The van der Waals surface area contributed by atoms with Crippen LogP contribution in [0.1, 0.15) is 25.7 Å². The molecule has 0 unspecified atom stereocenters. The van der Waals surface area contributed by atoms with E-state index >= 15 is 0 Å². The van der Waals surface area contributed by atoms with Crippen molar-refractivity contribution in [2.24, 2.45) is 4.99 Å². The Hall–Kier alpha value is -1.55. The summed E-state index contributed by atoms with van der Waals surface area (Å²) in [6.07, 6.45) is -3.55. The monoisotopic (exact) mass is 395 g/mol.